The summed E-state index contributed by atoms with van der Waals surface area (Å²) in [5.41, 5.74) is 0.486. The number of hydrogen-bond donors (Lipinski definition) is 1. The molecule has 1 aromatic rings. The van der Waals surface area contributed by atoms with Gasteiger partial charge in [-0.25, -0.2) is 0 Å². The number of nitrogens with one attached hydrogen (secondary N) is 1. The molecule has 0 radical (unpaired) electrons. The average Bonchev–Trinajstić information content (AvgIpc) is 2.47. The van der Waals surface area contributed by atoms with Gasteiger partial charge >= 0.3 is 0 Å². The normalized spacial score (nSPS) is 30.6. The van der Waals surface area contributed by atoms with Crippen molar-refractivity contribution in [1.29, 1.82) is 0 Å². The number of benzene rings is 1. The second-order valence-electron chi connectivity index (χ2n) is 6.97. The maximum Gasteiger partial charge on any atom is 0.221 e. The molecule has 102 valence electrons. The van der Waals surface area contributed by atoms with Gasteiger partial charge in [-0.3, -0.25) is 4.79 Å². The number of rotatable bonds is 0. The van der Waals surface area contributed by atoms with E-state index in [-0.39, 0.29) is 22.5 Å². The molecule has 0 aliphatic carbocycles. The van der Waals surface area contributed by atoms with Crippen molar-refractivity contribution in [3.05, 3.63) is 29.8 Å². The zero-order valence-corrected chi connectivity index (χ0v) is 12.0. The Morgan fingerprint density at radius 1 is 1.16 bits per heavy atom. The summed E-state index contributed by atoms with van der Waals surface area (Å²) >= 11 is 0. The largest absolute Gasteiger partial charge is 0.488 e. The minimum absolute atomic E-state index is 0.137. The Bertz CT molecular complexity index is 547. The Morgan fingerprint density at radius 3 is 2.47 bits per heavy atom. The second-order valence-corrected chi connectivity index (χ2v) is 6.97. The van der Waals surface area contributed by atoms with Gasteiger partial charge in [0.25, 0.3) is 0 Å². The van der Waals surface area contributed by atoms with Crippen LogP contribution in [0.4, 0.5) is 0 Å². The summed E-state index contributed by atoms with van der Waals surface area (Å²) in [6, 6.07) is 8.13. The SMILES string of the molecule is CC1(C)CC2(CC(=O)NC2(C)C)c2ccccc2O1. The molecule has 3 nitrogen and oxygen atoms in total. The molecule has 1 amide bonds. The molecular weight excluding hydrogens is 238 g/mol. The molecule has 2 aliphatic heterocycles. The van der Waals surface area contributed by atoms with Crippen LogP contribution in [0.25, 0.3) is 0 Å². The zero-order chi connectivity index (χ0) is 13.9. The summed E-state index contributed by atoms with van der Waals surface area (Å²) in [5, 5.41) is 3.14. The maximum atomic E-state index is 12.0. The van der Waals surface area contributed by atoms with E-state index in [2.05, 4.69) is 39.1 Å². The van der Waals surface area contributed by atoms with Crippen LogP contribution in [0.1, 0.15) is 46.1 Å². The highest BCUT2D eigenvalue weighted by Crippen LogP contribution is 2.54. The molecule has 0 bridgehead atoms. The number of amides is 1. The highest BCUT2D eigenvalue weighted by molar-refractivity contribution is 5.83. The van der Waals surface area contributed by atoms with Crippen molar-refractivity contribution in [1.82, 2.24) is 5.32 Å². The molecule has 1 N–H and O–H groups in total. The van der Waals surface area contributed by atoms with E-state index in [9.17, 15) is 4.79 Å². The Hall–Kier alpha value is -1.51. The third-order valence-electron chi connectivity index (χ3n) is 4.63. The first kappa shape index (κ1) is 12.5. The predicted molar refractivity (Wildman–Crippen MR) is 74.3 cm³/mol. The van der Waals surface area contributed by atoms with Crippen LogP contribution in [-0.2, 0) is 10.2 Å². The molecule has 1 fully saturated rings. The Labute approximate surface area is 114 Å². The molecule has 3 heteroatoms. The molecule has 19 heavy (non-hydrogen) atoms. The van der Waals surface area contributed by atoms with Crippen LogP contribution in [0.2, 0.25) is 0 Å². The lowest BCUT2D eigenvalue weighted by molar-refractivity contribution is -0.119. The fraction of sp³-hybridized carbons (Fsp3) is 0.562. The van der Waals surface area contributed by atoms with Crippen LogP contribution in [-0.4, -0.2) is 17.0 Å². The highest BCUT2D eigenvalue weighted by Gasteiger charge is 2.58. The van der Waals surface area contributed by atoms with E-state index in [4.69, 9.17) is 4.74 Å². The van der Waals surface area contributed by atoms with Crippen molar-refractivity contribution in [2.75, 3.05) is 0 Å². The average molecular weight is 259 g/mol. The van der Waals surface area contributed by atoms with Crippen LogP contribution >= 0.6 is 0 Å². The fourth-order valence-electron chi connectivity index (χ4n) is 3.83. The first-order valence-electron chi connectivity index (χ1n) is 6.85. The smallest absolute Gasteiger partial charge is 0.221 e. The van der Waals surface area contributed by atoms with Crippen LogP contribution < -0.4 is 10.1 Å². The summed E-state index contributed by atoms with van der Waals surface area (Å²) in [4.78, 5) is 12.0. The second kappa shape index (κ2) is 3.53. The molecule has 1 aromatic carbocycles. The Morgan fingerprint density at radius 2 is 1.84 bits per heavy atom. The lowest BCUT2D eigenvalue weighted by Crippen LogP contribution is -2.56. The molecule has 2 heterocycles. The first-order chi connectivity index (χ1) is 8.76. The Kier molecular flexibility index (Phi) is 2.32. The number of hydrogen-bond acceptors (Lipinski definition) is 2. The molecule has 1 unspecified atom stereocenters. The molecule has 1 spiro atoms. The lowest BCUT2D eigenvalue weighted by Gasteiger charge is -2.49. The van der Waals surface area contributed by atoms with E-state index >= 15 is 0 Å². The molecule has 2 aliphatic rings. The third-order valence-corrected chi connectivity index (χ3v) is 4.63. The quantitative estimate of drug-likeness (QED) is 0.778. The van der Waals surface area contributed by atoms with Crippen molar-refractivity contribution in [3.8, 4) is 5.75 Å². The number of fused-ring (bicyclic) bond motifs is 2. The van der Waals surface area contributed by atoms with E-state index in [0.717, 1.165) is 17.7 Å². The summed E-state index contributed by atoms with van der Waals surface area (Å²) in [6.07, 6.45) is 1.40. The van der Waals surface area contributed by atoms with Gasteiger partial charge in [0.15, 0.2) is 0 Å². The summed E-state index contributed by atoms with van der Waals surface area (Å²) in [5.74, 6) is 1.06. The standard InChI is InChI=1S/C16H21NO2/c1-14(2)10-16(9-13(18)17-15(16,3)4)11-7-5-6-8-12(11)19-14/h5-8H,9-10H2,1-4H3,(H,17,18). The van der Waals surface area contributed by atoms with Crippen LogP contribution in [0.5, 0.6) is 5.75 Å². The van der Waals surface area contributed by atoms with Crippen molar-refractivity contribution < 1.29 is 9.53 Å². The van der Waals surface area contributed by atoms with Gasteiger partial charge in [-0.15, -0.1) is 0 Å². The van der Waals surface area contributed by atoms with E-state index < -0.39 is 0 Å². The van der Waals surface area contributed by atoms with Crippen LogP contribution in [0.3, 0.4) is 0 Å². The fourth-order valence-corrected chi connectivity index (χ4v) is 3.83. The minimum Gasteiger partial charge on any atom is -0.488 e. The van der Waals surface area contributed by atoms with E-state index in [0.29, 0.717) is 6.42 Å². The van der Waals surface area contributed by atoms with Gasteiger partial charge in [0.2, 0.25) is 5.91 Å². The molecule has 3 rings (SSSR count). The topological polar surface area (TPSA) is 38.3 Å². The van der Waals surface area contributed by atoms with Gasteiger partial charge in [-0.1, -0.05) is 18.2 Å². The van der Waals surface area contributed by atoms with Crippen molar-refractivity contribution >= 4 is 5.91 Å². The summed E-state index contributed by atoms with van der Waals surface area (Å²) in [7, 11) is 0. The molecule has 0 saturated carbocycles. The van der Waals surface area contributed by atoms with E-state index in [1.807, 2.05) is 18.2 Å². The number of ether oxygens (including phenoxy) is 1. The molecule has 1 atom stereocenters. The zero-order valence-electron chi connectivity index (χ0n) is 12.0. The Balaban J connectivity index is 2.23. The van der Waals surface area contributed by atoms with Crippen LogP contribution in [0.15, 0.2) is 24.3 Å². The number of carbonyl (C=O) groups excluding carboxylic acids is 1. The van der Waals surface area contributed by atoms with Gasteiger partial charge in [0.1, 0.15) is 11.4 Å². The predicted octanol–water partition coefficient (Wildman–Crippen LogP) is 2.78. The van der Waals surface area contributed by atoms with Crippen molar-refractivity contribution in [2.24, 2.45) is 0 Å². The summed E-state index contributed by atoms with van der Waals surface area (Å²) in [6.45, 7) is 8.44. The van der Waals surface area contributed by atoms with E-state index in [1.54, 1.807) is 0 Å². The summed E-state index contributed by atoms with van der Waals surface area (Å²) < 4.78 is 6.10. The van der Waals surface area contributed by atoms with Crippen LogP contribution in [0, 0.1) is 0 Å². The molecule has 0 aromatic heterocycles. The first-order valence-corrected chi connectivity index (χ1v) is 6.85. The van der Waals surface area contributed by atoms with E-state index in [1.165, 1.54) is 0 Å². The number of carbonyl (C=O) groups is 1. The van der Waals surface area contributed by atoms with Gasteiger partial charge in [-0.05, 0) is 40.2 Å². The number of para-hydroxylation sites is 1. The van der Waals surface area contributed by atoms with Crippen molar-refractivity contribution in [3.63, 3.8) is 0 Å². The highest BCUT2D eigenvalue weighted by atomic mass is 16.5. The van der Waals surface area contributed by atoms with Gasteiger partial charge in [-0.2, -0.15) is 0 Å². The minimum atomic E-state index is -0.252. The molecule has 1 saturated heterocycles. The maximum absolute atomic E-state index is 12.0. The van der Waals surface area contributed by atoms with Gasteiger partial charge in [0, 0.05) is 22.9 Å². The van der Waals surface area contributed by atoms with Crippen molar-refractivity contribution in [2.45, 2.75) is 57.1 Å². The lowest BCUT2D eigenvalue weighted by atomic mass is 9.61. The van der Waals surface area contributed by atoms with Gasteiger partial charge in [0.05, 0.1) is 0 Å². The monoisotopic (exact) mass is 259 g/mol. The molecular formula is C16H21NO2. The van der Waals surface area contributed by atoms with Gasteiger partial charge < -0.3 is 10.1 Å². The third kappa shape index (κ3) is 1.67.